The van der Waals surface area contributed by atoms with Crippen molar-refractivity contribution >= 4 is 29.6 Å². The lowest BCUT2D eigenvalue weighted by Gasteiger charge is -2.26. The van der Waals surface area contributed by atoms with Crippen molar-refractivity contribution in [3.8, 4) is 16.8 Å². The Hall–Kier alpha value is -4.71. The van der Waals surface area contributed by atoms with Crippen LogP contribution in [-0.4, -0.2) is 22.4 Å². The molecule has 0 unspecified atom stereocenters. The molecule has 1 aromatic heterocycles. The van der Waals surface area contributed by atoms with E-state index in [0.717, 1.165) is 44.2 Å². The van der Waals surface area contributed by atoms with Crippen LogP contribution in [0.4, 0.5) is 10.5 Å². The molecule has 6 nitrogen and oxygen atoms in total. The Morgan fingerprint density at radius 1 is 0.722 bits per heavy atom. The zero-order chi connectivity index (χ0) is 25.4. The van der Waals surface area contributed by atoms with Gasteiger partial charge in [0.2, 0.25) is 0 Å². The zero-order valence-corrected chi connectivity index (χ0v) is 20.3. The molecule has 0 radical (unpaired) electrons. The summed E-state index contributed by atoms with van der Waals surface area (Å²) >= 11 is 0. The molecule has 4 amide bonds. The molecule has 1 N–H and O–H groups in total. The van der Waals surface area contributed by atoms with Crippen molar-refractivity contribution in [3.05, 3.63) is 113 Å². The third kappa shape index (κ3) is 4.14. The molecule has 4 aromatic rings. The van der Waals surface area contributed by atoms with Gasteiger partial charge in [-0.1, -0.05) is 60.2 Å². The fourth-order valence-corrected chi connectivity index (χ4v) is 4.51. The van der Waals surface area contributed by atoms with E-state index in [9.17, 15) is 14.4 Å². The molecule has 178 valence electrons. The maximum Gasteiger partial charge on any atom is 0.335 e. The molecule has 1 aliphatic heterocycles. The predicted octanol–water partition coefficient (Wildman–Crippen LogP) is 5.74. The number of carbonyl (C=O) groups excluding carboxylic acids is 3. The quantitative estimate of drug-likeness (QED) is 0.302. The van der Waals surface area contributed by atoms with Crippen molar-refractivity contribution in [3.63, 3.8) is 0 Å². The van der Waals surface area contributed by atoms with Crippen molar-refractivity contribution < 1.29 is 14.4 Å². The lowest BCUT2D eigenvalue weighted by atomic mass is 10.1. The van der Waals surface area contributed by atoms with Gasteiger partial charge in [0, 0.05) is 17.1 Å². The molecule has 1 saturated heterocycles. The molecule has 0 spiro atoms. The van der Waals surface area contributed by atoms with Gasteiger partial charge in [-0.25, -0.2) is 9.69 Å². The van der Waals surface area contributed by atoms with Crippen molar-refractivity contribution in [2.24, 2.45) is 0 Å². The number of nitrogens with zero attached hydrogens (tertiary/aromatic N) is 2. The first-order valence-corrected chi connectivity index (χ1v) is 11.7. The Kier molecular flexibility index (Phi) is 5.86. The molecule has 0 atom stereocenters. The normalized spacial score (nSPS) is 14.9. The number of hydrogen-bond donors (Lipinski definition) is 1. The molecule has 6 heteroatoms. The van der Waals surface area contributed by atoms with Gasteiger partial charge in [0.15, 0.2) is 0 Å². The third-order valence-electron chi connectivity index (χ3n) is 6.40. The van der Waals surface area contributed by atoms with Gasteiger partial charge in [-0.2, -0.15) is 0 Å². The summed E-state index contributed by atoms with van der Waals surface area (Å²) < 4.78 is 2.08. The number of imide groups is 2. The molecule has 0 bridgehead atoms. The summed E-state index contributed by atoms with van der Waals surface area (Å²) in [4.78, 5) is 39.4. The molecular weight excluding hydrogens is 450 g/mol. The second-order valence-electron chi connectivity index (χ2n) is 8.87. The van der Waals surface area contributed by atoms with E-state index >= 15 is 0 Å². The summed E-state index contributed by atoms with van der Waals surface area (Å²) in [6.45, 7) is 5.84. The average Bonchev–Trinajstić information content (AvgIpc) is 3.16. The first kappa shape index (κ1) is 23.1. The van der Waals surface area contributed by atoms with Gasteiger partial charge in [-0.15, -0.1) is 0 Å². The molecular formula is C30H25N3O3. The number of anilines is 1. The van der Waals surface area contributed by atoms with Gasteiger partial charge in [0.05, 0.1) is 5.69 Å². The van der Waals surface area contributed by atoms with Gasteiger partial charge in [0.1, 0.15) is 5.57 Å². The van der Waals surface area contributed by atoms with Crippen LogP contribution in [0, 0.1) is 20.8 Å². The highest BCUT2D eigenvalue weighted by molar-refractivity contribution is 6.39. The lowest BCUT2D eigenvalue weighted by molar-refractivity contribution is -0.122. The van der Waals surface area contributed by atoms with E-state index in [-0.39, 0.29) is 5.57 Å². The maximum atomic E-state index is 13.3. The number of rotatable bonds is 4. The summed E-state index contributed by atoms with van der Waals surface area (Å²) in [6.07, 6.45) is 1.56. The van der Waals surface area contributed by atoms with Gasteiger partial charge >= 0.3 is 6.03 Å². The lowest BCUT2D eigenvalue weighted by Crippen LogP contribution is -2.54. The smallest absolute Gasteiger partial charge is 0.318 e. The fraction of sp³-hybridized carbons (Fsp3) is 0.100. The number of amides is 4. The number of aromatic nitrogens is 1. The minimum absolute atomic E-state index is 0.0881. The Morgan fingerprint density at radius 3 is 2.00 bits per heavy atom. The number of urea groups is 1. The maximum absolute atomic E-state index is 13.3. The number of benzene rings is 3. The van der Waals surface area contributed by atoms with Crippen LogP contribution in [0.5, 0.6) is 0 Å². The molecule has 3 aromatic carbocycles. The first-order valence-electron chi connectivity index (χ1n) is 11.7. The topological polar surface area (TPSA) is 71.4 Å². The number of carbonyl (C=O) groups is 3. The number of nitrogens with one attached hydrogen (secondary N) is 1. The van der Waals surface area contributed by atoms with E-state index in [0.29, 0.717) is 5.69 Å². The highest BCUT2D eigenvalue weighted by Gasteiger charge is 2.37. The first-order chi connectivity index (χ1) is 17.3. The minimum Gasteiger partial charge on any atom is -0.318 e. The van der Waals surface area contributed by atoms with Gasteiger partial charge < -0.3 is 4.57 Å². The number of aryl methyl sites for hydroxylation is 2. The Morgan fingerprint density at radius 2 is 1.33 bits per heavy atom. The molecule has 0 saturated carbocycles. The molecule has 1 aliphatic rings. The minimum atomic E-state index is -0.755. The second kappa shape index (κ2) is 9.15. The van der Waals surface area contributed by atoms with Crippen LogP contribution in [0.1, 0.15) is 22.5 Å². The van der Waals surface area contributed by atoms with Crippen molar-refractivity contribution in [2.45, 2.75) is 20.8 Å². The van der Waals surface area contributed by atoms with Crippen LogP contribution in [-0.2, 0) is 9.59 Å². The number of barbiturate groups is 1. The molecule has 1 fully saturated rings. The van der Waals surface area contributed by atoms with Gasteiger partial charge in [0.25, 0.3) is 11.8 Å². The van der Waals surface area contributed by atoms with Gasteiger partial charge in [-0.3, -0.25) is 14.9 Å². The van der Waals surface area contributed by atoms with Crippen LogP contribution in [0.3, 0.4) is 0 Å². The zero-order valence-electron chi connectivity index (χ0n) is 20.3. The Bertz CT molecular complexity index is 1510. The van der Waals surface area contributed by atoms with E-state index in [1.165, 1.54) is 0 Å². The number of hydrogen-bond acceptors (Lipinski definition) is 3. The predicted molar refractivity (Wildman–Crippen MR) is 141 cm³/mol. The van der Waals surface area contributed by atoms with E-state index < -0.39 is 17.8 Å². The Labute approximate surface area is 209 Å². The fourth-order valence-electron chi connectivity index (χ4n) is 4.51. The van der Waals surface area contributed by atoms with Crippen LogP contribution >= 0.6 is 0 Å². The van der Waals surface area contributed by atoms with Gasteiger partial charge in [-0.05, 0) is 73.9 Å². The van der Waals surface area contributed by atoms with E-state index in [1.54, 1.807) is 18.2 Å². The second-order valence-corrected chi connectivity index (χ2v) is 8.87. The summed E-state index contributed by atoms with van der Waals surface area (Å²) in [5, 5.41) is 2.29. The monoisotopic (exact) mass is 475 g/mol. The van der Waals surface area contributed by atoms with E-state index in [2.05, 4.69) is 46.3 Å². The average molecular weight is 476 g/mol. The summed E-state index contributed by atoms with van der Waals surface area (Å²) in [5.74, 6) is -1.35. The van der Waals surface area contributed by atoms with E-state index in [4.69, 9.17) is 0 Å². The SMILES string of the molecule is Cc1ccc(N2C(=O)NC(=O)C(=Cc3cc(C)n(-c4ccc(-c5ccccc5)cc4)c3C)C2=O)cc1. The van der Waals surface area contributed by atoms with Crippen LogP contribution in [0.2, 0.25) is 0 Å². The Balaban J connectivity index is 1.49. The van der Waals surface area contributed by atoms with Crippen LogP contribution < -0.4 is 10.2 Å². The summed E-state index contributed by atoms with van der Waals surface area (Å²) in [6, 6.07) is 26.6. The molecule has 2 heterocycles. The van der Waals surface area contributed by atoms with Crippen molar-refractivity contribution in [1.82, 2.24) is 9.88 Å². The van der Waals surface area contributed by atoms with Crippen molar-refractivity contribution in [1.29, 1.82) is 0 Å². The highest BCUT2D eigenvalue weighted by atomic mass is 16.2. The third-order valence-corrected chi connectivity index (χ3v) is 6.40. The molecule has 36 heavy (non-hydrogen) atoms. The van der Waals surface area contributed by atoms with Crippen molar-refractivity contribution in [2.75, 3.05) is 4.90 Å². The van der Waals surface area contributed by atoms with E-state index in [1.807, 2.05) is 57.2 Å². The van der Waals surface area contributed by atoms with Crippen LogP contribution in [0.25, 0.3) is 22.9 Å². The molecule has 5 rings (SSSR count). The van der Waals surface area contributed by atoms with Crippen LogP contribution in [0.15, 0.2) is 90.5 Å². The summed E-state index contributed by atoms with van der Waals surface area (Å²) in [5.41, 5.74) is 7.13. The standard InChI is InChI=1S/C30H25N3O3/c1-19-9-13-26(14-10-19)33-29(35)27(28(34)31-30(33)36)18-24-17-20(2)32(21(24)3)25-15-11-23(12-16-25)22-7-5-4-6-8-22/h4-18H,1-3H3,(H,31,34,36). The molecule has 0 aliphatic carbocycles. The highest BCUT2D eigenvalue weighted by Crippen LogP contribution is 2.27. The summed E-state index contributed by atoms with van der Waals surface area (Å²) in [7, 11) is 0. The largest absolute Gasteiger partial charge is 0.335 e.